The summed E-state index contributed by atoms with van der Waals surface area (Å²) in [5.41, 5.74) is 3.64. The predicted molar refractivity (Wildman–Crippen MR) is 223 cm³/mol. The molecule has 1 saturated heterocycles. The van der Waals surface area contributed by atoms with Crippen LogP contribution in [0.15, 0.2) is 75.9 Å². The van der Waals surface area contributed by atoms with Crippen LogP contribution in [0.4, 0.5) is 30.6 Å². The van der Waals surface area contributed by atoms with Crippen LogP contribution in [0.2, 0.25) is 0 Å². The van der Waals surface area contributed by atoms with Crippen LogP contribution < -0.4 is 26.0 Å². The SMILES string of the molecule is N#Cc1cnc(NCc2ccccc2OC(F)(F)F)nc1NCC1CCC(C=NCCCC/C=[N+]2/C=C(CCNc3cccc4c3CN(C3CCC(=O)NC3=O)C4=O)N=N2)CC1. The van der Waals surface area contributed by atoms with E-state index in [0.29, 0.717) is 55.7 Å². The van der Waals surface area contributed by atoms with Crippen molar-refractivity contribution in [2.75, 3.05) is 35.6 Å². The number of fused-ring (bicyclic) bond motifs is 1. The summed E-state index contributed by atoms with van der Waals surface area (Å²) in [7, 11) is 0. The lowest BCUT2D eigenvalue weighted by atomic mass is 9.82. The minimum Gasteiger partial charge on any atom is -0.405 e. The summed E-state index contributed by atoms with van der Waals surface area (Å²) in [5, 5.41) is 30.1. The van der Waals surface area contributed by atoms with Crippen LogP contribution in [0.25, 0.3) is 0 Å². The number of nitrogens with one attached hydrogen (secondary N) is 4. The maximum absolute atomic E-state index is 13.1. The van der Waals surface area contributed by atoms with E-state index in [9.17, 15) is 32.8 Å². The van der Waals surface area contributed by atoms with Gasteiger partial charge in [0.2, 0.25) is 23.5 Å². The van der Waals surface area contributed by atoms with Gasteiger partial charge in [0, 0.05) is 80.6 Å². The Kier molecular flexibility index (Phi) is 14.2. The van der Waals surface area contributed by atoms with Gasteiger partial charge in [0.25, 0.3) is 5.91 Å². The van der Waals surface area contributed by atoms with Gasteiger partial charge in [-0.3, -0.25) is 24.7 Å². The molecule has 3 aliphatic heterocycles. The Balaban J connectivity index is 0.767. The summed E-state index contributed by atoms with van der Waals surface area (Å²) in [5.74, 6) is 0.116. The van der Waals surface area contributed by atoms with Crippen molar-refractivity contribution < 1.29 is 37.0 Å². The lowest BCUT2D eigenvalue weighted by molar-refractivity contribution is -0.460. The molecule has 1 aliphatic carbocycles. The maximum Gasteiger partial charge on any atom is 0.573 e. The Morgan fingerprint density at radius 3 is 2.68 bits per heavy atom. The van der Waals surface area contributed by atoms with Crippen molar-refractivity contribution in [3.05, 3.63) is 82.8 Å². The Labute approximate surface area is 356 Å². The van der Waals surface area contributed by atoms with E-state index in [2.05, 4.69) is 58.6 Å². The van der Waals surface area contributed by atoms with Crippen molar-refractivity contribution in [2.24, 2.45) is 27.2 Å². The highest BCUT2D eigenvalue weighted by molar-refractivity contribution is 6.06. The second kappa shape index (κ2) is 20.2. The van der Waals surface area contributed by atoms with Gasteiger partial charge in [-0.25, -0.2) is 4.98 Å². The van der Waals surface area contributed by atoms with Crippen LogP contribution in [0.5, 0.6) is 5.75 Å². The van der Waals surface area contributed by atoms with Crippen LogP contribution in [0, 0.1) is 23.2 Å². The molecule has 1 unspecified atom stereocenters. The van der Waals surface area contributed by atoms with Gasteiger partial charge in [-0.15, -0.1) is 17.9 Å². The number of anilines is 3. The van der Waals surface area contributed by atoms with Crippen LogP contribution in [0.3, 0.4) is 0 Å². The van der Waals surface area contributed by atoms with E-state index < -0.39 is 18.3 Å². The maximum atomic E-state index is 13.1. The molecule has 2 fully saturated rings. The molecular weight excluding hydrogens is 806 g/mol. The highest BCUT2D eigenvalue weighted by atomic mass is 19.4. The number of hydrogen-bond acceptors (Lipinski definition) is 13. The number of piperidine rings is 1. The first-order chi connectivity index (χ1) is 30.0. The monoisotopic (exact) mass is 853 g/mol. The summed E-state index contributed by atoms with van der Waals surface area (Å²) in [6, 6.07) is 12.8. The molecule has 0 radical (unpaired) electrons. The molecule has 324 valence electrons. The smallest absolute Gasteiger partial charge is 0.405 e. The number of unbranched alkanes of at least 4 members (excludes halogenated alkanes) is 2. The zero-order valence-electron chi connectivity index (χ0n) is 34.0. The molecule has 0 spiro atoms. The van der Waals surface area contributed by atoms with Crippen molar-refractivity contribution in [2.45, 2.75) is 89.7 Å². The fourth-order valence-corrected chi connectivity index (χ4v) is 7.90. The molecule has 1 saturated carbocycles. The molecule has 1 aromatic heterocycles. The number of hydrogen-bond donors (Lipinski definition) is 4. The number of benzene rings is 2. The summed E-state index contributed by atoms with van der Waals surface area (Å²) in [6.45, 7) is 2.27. The molecule has 4 heterocycles. The van der Waals surface area contributed by atoms with E-state index in [1.54, 1.807) is 21.7 Å². The van der Waals surface area contributed by atoms with Gasteiger partial charge in [-0.05, 0) is 75.0 Å². The largest absolute Gasteiger partial charge is 0.573 e. The zero-order chi connectivity index (χ0) is 43.5. The average Bonchev–Trinajstić information content (AvgIpc) is 3.86. The number of carbonyl (C=O) groups is 3. The van der Waals surface area contributed by atoms with Gasteiger partial charge in [0.1, 0.15) is 34.5 Å². The lowest BCUT2D eigenvalue weighted by Gasteiger charge is -2.29. The summed E-state index contributed by atoms with van der Waals surface area (Å²) >= 11 is 0. The second-order valence-electron chi connectivity index (χ2n) is 15.6. The number of ether oxygens (including phenoxy) is 1. The van der Waals surface area contributed by atoms with Gasteiger partial charge in [-0.2, -0.15) is 10.2 Å². The molecular formula is C43H48F3N12O4+. The van der Waals surface area contributed by atoms with Gasteiger partial charge in [-0.1, -0.05) is 24.3 Å². The van der Waals surface area contributed by atoms with Crippen molar-refractivity contribution in [1.29, 1.82) is 5.26 Å². The quantitative estimate of drug-likeness (QED) is 0.0452. The standard InChI is InChI=1S/C43H47F3N12O4/c44-43(45,46)62-37-10-3-2-7-30(37)24-51-42-52-25-31(21-47)39(54-42)50-23-29-13-11-28(12-14-29)22-48-18-4-1-5-20-57-26-32(55-56-57)17-19-49-35-9-6-8-33-34(35)27-58(41(33)61)36-15-16-38(59)53-40(36)60/h2-3,6-10,20,22,25-26,28-29,36,49H,1,4-5,11-19,23-24,27H2,(H2-,50,51,52,53,54,59,60)/p+1/b48-22?,57-20-. The first kappa shape index (κ1) is 43.4. The summed E-state index contributed by atoms with van der Waals surface area (Å²) in [6.07, 6.45) is 10.6. The van der Waals surface area contributed by atoms with Crippen LogP contribution >= 0.6 is 0 Å². The van der Waals surface area contributed by atoms with Gasteiger partial charge >= 0.3 is 6.36 Å². The number of carbonyl (C=O) groups excluding carboxylic acids is 3. The molecule has 3 aromatic rings. The third-order valence-corrected chi connectivity index (χ3v) is 11.2. The number of rotatable bonds is 18. The van der Waals surface area contributed by atoms with Crippen molar-refractivity contribution >= 4 is 47.6 Å². The van der Waals surface area contributed by atoms with Crippen LogP contribution in [-0.4, -0.2) is 81.7 Å². The number of nitrogens with zero attached hydrogens (tertiary/aromatic N) is 8. The van der Waals surface area contributed by atoms with E-state index in [4.69, 9.17) is 4.99 Å². The first-order valence-electron chi connectivity index (χ1n) is 20.9. The van der Waals surface area contributed by atoms with Crippen molar-refractivity contribution in [3.8, 4) is 11.8 Å². The molecule has 2 aromatic carbocycles. The van der Waals surface area contributed by atoms with Crippen molar-refractivity contribution in [3.63, 3.8) is 0 Å². The number of alkyl halides is 3. The second-order valence-corrected chi connectivity index (χ2v) is 15.6. The van der Waals surface area contributed by atoms with Crippen LogP contribution in [-0.2, 0) is 22.7 Å². The normalized spacial score (nSPS) is 20.6. The Bertz CT molecular complexity index is 2300. The first-order valence-corrected chi connectivity index (χ1v) is 20.9. The Hall–Kier alpha value is -6.71. The third kappa shape index (κ3) is 11.6. The van der Waals surface area contributed by atoms with Crippen molar-refractivity contribution in [1.82, 2.24) is 20.2 Å². The number of imide groups is 1. The van der Waals surface area contributed by atoms with E-state index in [1.165, 1.54) is 24.4 Å². The molecule has 3 amide bonds. The molecule has 19 heteroatoms. The van der Waals surface area contributed by atoms with E-state index in [-0.39, 0.29) is 47.6 Å². The van der Waals surface area contributed by atoms with Gasteiger partial charge < -0.3 is 25.6 Å². The Morgan fingerprint density at radius 2 is 1.87 bits per heavy atom. The molecule has 0 bridgehead atoms. The summed E-state index contributed by atoms with van der Waals surface area (Å²) < 4.78 is 44.3. The van der Waals surface area contributed by atoms with E-state index >= 15 is 0 Å². The molecule has 1 atom stereocenters. The van der Waals surface area contributed by atoms with Crippen LogP contribution in [0.1, 0.15) is 91.3 Å². The number of para-hydroxylation sites is 1. The minimum atomic E-state index is -4.81. The zero-order valence-corrected chi connectivity index (χ0v) is 34.0. The third-order valence-electron chi connectivity index (χ3n) is 11.2. The average molecular weight is 854 g/mol. The minimum absolute atomic E-state index is 0.00469. The molecule has 16 nitrogen and oxygen atoms in total. The molecule has 7 rings (SSSR count). The van der Waals surface area contributed by atoms with E-state index in [0.717, 1.165) is 68.4 Å². The molecule has 62 heavy (non-hydrogen) atoms. The molecule has 4 N–H and O–H groups in total. The highest BCUT2D eigenvalue weighted by Gasteiger charge is 2.40. The lowest BCUT2D eigenvalue weighted by Crippen LogP contribution is -2.52. The topological polar surface area (TPSA) is 201 Å². The number of aliphatic imine (C=N–C) groups is 1. The van der Waals surface area contributed by atoms with Gasteiger partial charge in [0.15, 0.2) is 6.20 Å². The fraction of sp³-hybridized carbons (Fsp3) is 0.442. The predicted octanol–water partition coefficient (Wildman–Crippen LogP) is 6.89. The fourth-order valence-electron chi connectivity index (χ4n) is 7.90. The number of nitriles is 1. The number of amides is 3. The van der Waals surface area contributed by atoms with E-state index in [1.807, 2.05) is 24.5 Å². The molecule has 4 aliphatic rings. The number of aromatic nitrogens is 2. The summed E-state index contributed by atoms with van der Waals surface area (Å²) in [4.78, 5) is 52.0. The number of halogens is 3. The Morgan fingerprint density at radius 1 is 1.03 bits per heavy atom. The highest BCUT2D eigenvalue weighted by Crippen LogP contribution is 2.33. The van der Waals surface area contributed by atoms with Gasteiger partial charge in [0.05, 0.1) is 17.5 Å².